The van der Waals surface area contributed by atoms with E-state index in [0.717, 1.165) is 11.1 Å². The van der Waals surface area contributed by atoms with Crippen molar-refractivity contribution in [1.82, 2.24) is 14.9 Å². The van der Waals surface area contributed by atoms with Crippen LogP contribution < -0.4 is 5.32 Å². The molecule has 27 heavy (non-hydrogen) atoms. The third kappa shape index (κ3) is 4.50. The van der Waals surface area contributed by atoms with Gasteiger partial charge in [0.25, 0.3) is 11.8 Å². The smallest absolute Gasteiger partial charge is 0.359 e. The fourth-order valence-electron chi connectivity index (χ4n) is 2.56. The largest absolute Gasteiger partial charge is 0.447 e. The molecule has 0 radical (unpaired) electrons. The van der Waals surface area contributed by atoms with Crippen LogP contribution in [-0.4, -0.2) is 38.8 Å². The molecule has 8 nitrogen and oxygen atoms in total. The minimum absolute atomic E-state index is 0.121. The van der Waals surface area contributed by atoms with Crippen LogP contribution in [0.2, 0.25) is 0 Å². The normalized spacial score (nSPS) is 18.7. The number of ether oxygens (including phenoxy) is 1. The van der Waals surface area contributed by atoms with Crippen LogP contribution in [0.5, 0.6) is 0 Å². The van der Waals surface area contributed by atoms with E-state index in [-0.39, 0.29) is 17.9 Å². The van der Waals surface area contributed by atoms with Gasteiger partial charge in [0.1, 0.15) is 11.8 Å². The zero-order chi connectivity index (χ0) is 19.6. The molecule has 0 aromatic carbocycles. The van der Waals surface area contributed by atoms with Gasteiger partial charge in [0.2, 0.25) is 0 Å². The molecule has 2 aromatic heterocycles. The molecule has 0 aliphatic heterocycles. The number of nitrogens with one attached hydrogen (secondary N) is 1. The molecule has 0 bridgehead atoms. The number of esters is 1. The number of nitrogens with zero attached hydrogens (tertiary/aromatic N) is 3. The second-order valence-electron chi connectivity index (χ2n) is 6.51. The average Bonchev–Trinajstić information content (AvgIpc) is 2.99. The van der Waals surface area contributed by atoms with E-state index in [0.29, 0.717) is 18.6 Å². The molecular formula is C17H20F2N4O4. The zero-order valence-electron chi connectivity index (χ0n) is 14.9. The number of aryl methyl sites for hydroxylation is 1. The number of rotatable bonds is 8. The molecule has 146 valence electrons. The number of carbonyl (C=O) groups is 2. The van der Waals surface area contributed by atoms with Crippen molar-refractivity contribution in [3.63, 3.8) is 0 Å². The van der Waals surface area contributed by atoms with Crippen LogP contribution in [0.15, 0.2) is 22.9 Å². The molecule has 0 spiro atoms. The number of halogens is 2. The van der Waals surface area contributed by atoms with Crippen LogP contribution >= 0.6 is 0 Å². The third-order valence-corrected chi connectivity index (χ3v) is 4.17. The lowest BCUT2D eigenvalue weighted by Crippen LogP contribution is -2.33. The molecule has 1 saturated carbocycles. The van der Waals surface area contributed by atoms with E-state index in [1.54, 1.807) is 6.92 Å². The molecule has 10 heteroatoms. The van der Waals surface area contributed by atoms with E-state index in [2.05, 4.69) is 15.6 Å². The summed E-state index contributed by atoms with van der Waals surface area (Å²) in [6.07, 6.45) is 1.72. The first-order valence-corrected chi connectivity index (χ1v) is 8.68. The minimum atomic E-state index is -2.80. The number of anilines is 1. The number of hydrogen-bond acceptors (Lipinski definition) is 6. The number of carbonyl (C=O) groups excluding carboxylic acids is 2. The van der Waals surface area contributed by atoms with Crippen molar-refractivity contribution in [2.45, 2.75) is 57.6 Å². The number of alkyl halides is 2. The molecule has 1 fully saturated rings. The molecule has 1 aliphatic carbocycles. The highest BCUT2D eigenvalue weighted by Gasteiger charge is 2.59. The first kappa shape index (κ1) is 19.0. The minimum Gasteiger partial charge on any atom is -0.447 e. The fraction of sp³-hybridized carbons (Fsp3) is 0.529. The molecular weight excluding hydrogens is 362 g/mol. The summed E-state index contributed by atoms with van der Waals surface area (Å²) in [5.74, 6) is -3.44. The van der Waals surface area contributed by atoms with Gasteiger partial charge in [-0.1, -0.05) is 18.5 Å². The Balaban J connectivity index is 1.64. The van der Waals surface area contributed by atoms with Gasteiger partial charge in [-0.25, -0.2) is 13.6 Å². The molecule has 2 heterocycles. The molecule has 2 aromatic rings. The van der Waals surface area contributed by atoms with Crippen LogP contribution in [-0.2, 0) is 9.53 Å². The zero-order valence-corrected chi connectivity index (χ0v) is 14.9. The van der Waals surface area contributed by atoms with Crippen LogP contribution in [0.1, 0.15) is 54.9 Å². The van der Waals surface area contributed by atoms with Gasteiger partial charge in [-0.15, -0.1) is 0 Å². The third-order valence-electron chi connectivity index (χ3n) is 4.17. The van der Waals surface area contributed by atoms with Crippen molar-refractivity contribution in [2.75, 3.05) is 5.32 Å². The van der Waals surface area contributed by atoms with E-state index < -0.39 is 29.9 Å². The Kier molecular flexibility index (Phi) is 5.24. The predicted octanol–water partition coefficient (Wildman–Crippen LogP) is 3.11. The van der Waals surface area contributed by atoms with E-state index in [9.17, 15) is 18.4 Å². The lowest BCUT2D eigenvalue weighted by Gasteiger charge is -2.16. The number of amides is 1. The van der Waals surface area contributed by atoms with Gasteiger partial charge in [-0.05, 0) is 25.8 Å². The van der Waals surface area contributed by atoms with E-state index in [1.807, 2.05) is 6.92 Å². The SMILES string of the molecule is CCCCC(OC(=O)c1ccn(C2CC2(F)F)n1)C(=O)Nc1cc(C)on1. The summed E-state index contributed by atoms with van der Waals surface area (Å²) in [6, 6.07) is 1.80. The lowest BCUT2D eigenvalue weighted by molar-refractivity contribution is -0.125. The maximum Gasteiger partial charge on any atom is 0.359 e. The van der Waals surface area contributed by atoms with Gasteiger partial charge < -0.3 is 14.6 Å². The van der Waals surface area contributed by atoms with Gasteiger partial charge in [0, 0.05) is 18.7 Å². The highest BCUT2D eigenvalue weighted by Crippen LogP contribution is 2.52. The Bertz CT molecular complexity index is 833. The van der Waals surface area contributed by atoms with Gasteiger partial charge in [0.15, 0.2) is 17.6 Å². The van der Waals surface area contributed by atoms with Crippen molar-refractivity contribution < 1.29 is 27.6 Å². The molecule has 1 N–H and O–H groups in total. The number of unbranched alkanes of at least 4 members (excludes halogenated alkanes) is 1. The Labute approximate surface area is 153 Å². The van der Waals surface area contributed by atoms with Crippen LogP contribution in [0, 0.1) is 6.92 Å². The summed E-state index contributed by atoms with van der Waals surface area (Å²) in [7, 11) is 0. The molecule has 2 unspecified atom stereocenters. The summed E-state index contributed by atoms with van der Waals surface area (Å²) in [4.78, 5) is 24.7. The highest BCUT2D eigenvalue weighted by atomic mass is 19.3. The lowest BCUT2D eigenvalue weighted by atomic mass is 10.1. The maximum absolute atomic E-state index is 13.1. The van der Waals surface area contributed by atoms with Gasteiger partial charge >= 0.3 is 5.97 Å². The molecule has 1 amide bonds. The van der Waals surface area contributed by atoms with E-state index >= 15 is 0 Å². The second-order valence-corrected chi connectivity index (χ2v) is 6.51. The Morgan fingerprint density at radius 1 is 1.52 bits per heavy atom. The monoisotopic (exact) mass is 382 g/mol. The Morgan fingerprint density at radius 2 is 2.26 bits per heavy atom. The molecule has 1 aliphatic rings. The fourth-order valence-corrected chi connectivity index (χ4v) is 2.56. The van der Waals surface area contributed by atoms with Crippen LogP contribution in [0.3, 0.4) is 0 Å². The van der Waals surface area contributed by atoms with Crippen molar-refractivity contribution in [3.05, 3.63) is 29.8 Å². The van der Waals surface area contributed by atoms with Crippen molar-refractivity contribution in [1.29, 1.82) is 0 Å². The van der Waals surface area contributed by atoms with Gasteiger partial charge in [-0.3, -0.25) is 9.48 Å². The van der Waals surface area contributed by atoms with E-state index in [4.69, 9.17) is 9.26 Å². The summed E-state index contributed by atoms with van der Waals surface area (Å²) in [5.41, 5.74) is -0.121. The van der Waals surface area contributed by atoms with Crippen molar-refractivity contribution in [2.24, 2.45) is 0 Å². The van der Waals surface area contributed by atoms with Crippen LogP contribution in [0.4, 0.5) is 14.6 Å². The molecule has 2 atom stereocenters. The predicted molar refractivity (Wildman–Crippen MR) is 89.4 cm³/mol. The quantitative estimate of drug-likeness (QED) is 0.704. The molecule has 0 saturated heterocycles. The van der Waals surface area contributed by atoms with Crippen molar-refractivity contribution in [3.8, 4) is 0 Å². The maximum atomic E-state index is 13.1. The first-order valence-electron chi connectivity index (χ1n) is 8.68. The van der Waals surface area contributed by atoms with Crippen molar-refractivity contribution >= 4 is 17.7 Å². The highest BCUT2D eigenvalue weighted by molar-refractivity contribution is 5.96. The Hall–Kier alpha value is -2.78. The first-order chi connectivity index (χ1) is 12.8. The van der Waals surface area contributed by atoms with Gasteiger partial charge in [-0.2, -0.15) is 5.10 Å². The summed E-state index contributed by atoms with van der Waals surface area (Å²) in [5, 5.41) is 10.0. The summed E-state index contributed by atoms with van der Waals surface area (Å²) in [6.45, 7) is 3.62. The number of hydrogen-bond donors (Lipinski definition) is 1. The number of aromatic nitrogens is 3. The van der Waals surface area contributed by atoms with Gasteiger partial charge in [0.05, 0.1) is 0 Å². The summed E-state index contributed by atoms with van der Waals surface area (Å²) >= 11 is 0. The molecule has 3 rings (SSSR count). The second kappa shape index (κ2) is 7.45. The topological polar surface area (TPSA) is 99.2 Å². The van der Waals surface area contributed by atoms with Crippen LogP contribution in [0.25, 0.3) is 0 Å². The van der Waals surface area contributed by atoms with E-state index in [1.165, 1.54) is 18.3 Å². The average molecular weight is 382 g/mol. The Morgan fingerprint density at radius 3 is 2.85 bits per heavy atom. The summed E-state index contributed by atoms with van der Waals surface area (Å²) < 4.78 is 37.4. The standard InChI is InChI=1S/C17H20F2N4O4/c1-3-4-5-12(15(24)20-14-8-10(2)27-22-14)26-16(25)11-6-7-23(21-11)13-9-17(13,18)19/h6-8,12-13H,3-5,9H2,1-2H3,(H,20,22,24).